The summed E-state index contributed by atoms with van der Waals surface area (Å²) in [6.07, 6.45) is -4.57. The van der Waals surface area contributed by atoms with Gasteiger partial charge in [-0.3, -0.25) is 0 Å². The Morgan fingerprint density at radius 2 is 1.43 bits per heavy atom. The van der Waals surface area contributed by atoms with Crippen LogP contribution in [0.2, 0.25) is 0 Å². The van der Waals surface area contributed by atoms with Gasteiger partial charge in [-0.1, -0.05) is 18.2 Å². The quantitative estimate of drug-likeness (QED) is 0.844. The molecular weight excluding hydrogens is 289 g/mol. The van der Waals surface area contributed by atoms with Gasteiger partial charge in [-0.2, -0.15) is 13.2 Å². The molecule has 2 aromatic carbocycles. The Morgan fingerprint density at radius 1 is 0.905 bits per heavy atom. The van der Waals surface area contributed by atoms with E-state index in [4.69, 9.17) is 5.73 Å². The fraction of sp³-hybridized carbons (Fsp3) is 0.200. The Hall–Kier alpha value is -1.95. The van der Waals surface area contributed by atoms with Crippen LogP contribution in [0.15, 0.2) is 42.5 Å². The fourth-order valence-electron chi connectivity index (χ4n) is 1.98. The Balaban J connectivity index is 2.19. The van der Waals surface area contributed by atoms with Crippen molar-refractivity contribution in [1.82, 2.24) is 0 Å². The predicted molar refractivity (Wildman–Crippen MR) is 68.4 cm³/mol. The third kappa shape index (κ3) is 3.58. The highest BCUT2D eigenvalue weighted by Gasteiger charge is 2.30. The zero-order chi connectivity index (χ0) is 15.6. The zero-order valence-corrected chi connectivity index (χ0v) is 10.8. The molecule has 1 nitrogen and oxygen atoms in total. The smallest absolute Gasteiger partial charge is 0.324 e. The summed E-state index contributed by atoms with van der Waals surface area (Å²) in [5.74, 6) is -1.45. The third-order valence-electron chi connectivity index (χ3n) is 3.15. The van der Waals surface area contributed by atoms with Gasteiger partial charge in [-0.15, -0.1) is 0 Å². The minimum atomic E-state index is -4.43. The number of benzene rings is 2. The minimum Gasteiger partial charge on any atom is -0.324 e. The predicted octanol–water partition coefficient (Wildman–Crippen LogP) is 4.23. The molecule has 2 rings (SSSR count). The van der Waals surface area contributed by atoms with E-state index in [0.29, 0.717) is 5.56 Å². The molecule has 2 aromatic rings. The van der Waals surface area contributed by atoms with Gasteiger partial charge in [-0.25, -0.2) is 8.78 Å². The Morgan fingerprint density at radius 3 is 1.90 bits per heavy atom. The lowest BCUT2D eigenvalue weighted by molar-refractivity contribution is -0.137. The number of hydrogen-bond donors (Lipinski definition) is 1. The molecule has 0 spiro atoms. The molecule has 0 heterocycles. The van der Waals surface area contributed by atoms with Crippen molar-refractivity contribution in [2.45, 2.75) is 18.6 Å². The molecular formula is C15H12F5N. The van der Waals surface area contributed by atoms with Crippen molar-refractivity contribution in [3.05, 3.63) is 70.8 Å². The Labute approximate surface area is 118 Å². The Bertz CT molecular complexity index is 599. The van der Waals surface area contributed by atoms with Crippen LogP contribution in [-0.2, 0) is 12.6 Å². The van der Waals surface area contributed by atoms with Crippen LogP contribution >= 0.6 is 0 Å². The molecule has 0 aliphatic carbocycles. The topological polar surface area (TPSA) is 26.0 Å². The summed E-state index contributed by atoms with van der Waals surface area (Å²) in [6.45, 7) is 0. The summed E-state index contributed by atoms with van der Waals surface area (Å²) in [5.41, 5.74) is 5.22. The van der Waals surface area contributed by atoms with Crippen molar-refractivity contribution >= 4 is 0 Å². The largest absolute Gasteiger partial charge is 0.416 e. The maximum absolute atomic E-state index is 13.5. The van der Waals surface area contributed by atoms with Gasteiger partial charge >= 0.3 is 6.18 Å². The summed E-state index contributed by atoms with van der Waals surface area (Å²) in [4.78, 5) is 0. The summed E-state index contributed by atoms with van der Waals surface area (Å²) < 4.78 is 64.3. The normalized spacial score (nSPS) is 13.2. The van der Waals surface area contributed by atoms with Crippen LogP contribution in [0, 0.1) is 11.6 Å². The molecule has 0 saturated carbocycles. The van der Waals surface area contributed by atoms with Gasteiger partial charge in [0, 0.05) is 11.6 Å². The standard InChI is InChI=1S/C15H12F5N/c16-12-2-1-3-13(17)11(12)8-14(21)9-4-6-10(7-5-9)15(18,19)20/h1-7,14H,8,21H2. The van der Waals surface area contributed by atoms with Crippen molar-refractivity contribution in [3.8, 4) is 0 Å². The highest BCUT2D eigenvalue weighted by atomic mass is 19.4. The number of hydrogen-bond acceptors (Lipinski definition) is 1. The molecule has 112 valence electrons. The van der Waals surface area contributed by atoms with Gasteiger partial charge in [0.25, 0.3) is 0 Å². The van der Waals surface area contributed by atoms with Gasteiger partial charge in [0.2, 0.25) is 0 Å². The zero-order valence-electron chi connectivity index (χ0n) is 10.8. The van der Waals surface area contributed by atoms with Crippen LogP contribution in [0.1, 0.15) is 22.7 Å². The van der Waals surface area contributed by atoms with Crippen LogP contribution in [0.3, 0.4) is 0 Å². The van der Waals surface area contributed by atoms with Crippen LogP contribution in [0.4, 0.5) is 22.0 Å². The summed E-state index contributed by atoms with van der Waals surface area (Å²) in [6, 6.07) is 6.88. The van der Waals surface area contributed by atoms with Gasteiger partial charge < -0.3 is 5.73 Å². The highest BCUT2D eigenvalue weighted by Crippen LogP contribution is 2.30. The molecule has 0 fully saturated rings. The Kier molecular flexibility index (Phi) is 4.27. The highest BCUT2D eigenvalue weighted by molar-refractivity contribution is 5.29. The molecule has 0 amide bonds. The number of alkyl halides is 3. The number of nitrogens with two attached hydrogens (primary N) is 1. The van der Waals surface area contributed by atoms with Crippen LogP contribution < -0.4 is 5.73 Å². The van der Waals surface area contributed by atoms with Crippen molar-refractivity contribution in [1.29, 1.82) is 0 Å². The maximum atomic E-state index is 13.5. The van der Waals surface area contributed by atoms with Crippen LogP contribution in [-0.4, -0.2) is 0 Å². The average Bonchev–Trinajstić information content (AvgIpc) is 2.42. The van der Waals surface area contributed by atoms with Gasteiger partial charge in [0.1, 0.15) is 11.6 Å². The van der Waals surface area contributed by atoms with E-state index < -0.39 is 29.4 Å². The summed E-state index contributed by atoms with van der Waals surface area (Å²) >= 11 is 0. The summed E-state index contributed by atoms with van der Waals surface area (Å²) in [7, 11) is 0. The SMILES string of the molecule is NC(Cc1c(F)cccc1F)c1ccc(C(F)(F)F)cc1. The van der Waals surface area contributed by atoms with Gasteiger partial charge in [0.15, 0.2) is 0 Å². The maximum Gasteiger partial charge on any atom is 0.416 e. The molecule has 0 radical (unpaired) electrons. The van der Waals surface area contributed by atoms with Crippen molar-refractivity contribution in [3.63, 3.8) is 0 Å². The lowest BCUT2D eigenvalue weighted by Gasteiger charge is -2.14. The van der Waals surface area contributed by atoms with Gasteiger partial charge in [0.05, 0.1) is 5.56 Å². The van der Waals surface area contributed by atoms with E-state index in [9.17, 15) is 22.0 Å². The second kappa shape index (κ2) is 5.81. The van der Waals surface area contributed by atoms with E-state index in [1.54, 1.807) is 0 Å². The molecule has 0 saturated heterocycles. The molecule has 1 atom stereocenters. The van der Waals surface area contributed by atoms with E-state index >= 15 is 0 Å². The lowest BCUT2D eigenvalue weighted by atomic mass is 9.98. The first kappa shape index (κ1) is 15.4. The summed E-state index contributed by atoms with van der Waals surface area (Å²) in [5, 5.41) is 0. The lowest BCUT2D eigenvalue weighted by Crippen LogP contribution is -2.15. The molecule has 6 heteroatoms. The first-order valence-electron chi connectivity index (χ1n) is 6.14. The average molecular weight is 301 g/mol. The van der Waals surface area contributed by atoms with E-state index in [1.165, 1.54) is 18.2 Å². The second-order valence-corrected chi connectivity index (χ2v) is 4.63. The molecule has 1 unspecified atom stereocenters. The number of halogens is 5. The third-order valence-corrected chi connectivity index (χ3v) is 3.15. The molecule has 0 aromatic heterocycles. The van der Waals surface area contributed by atoms with E-state index in [-0.39, 0.29) is 12.0 Å². The molecule has 0 aliphatic rings. The number of rotatable bonds is 3. The van der Waals surface area contributed by atoms with E-state index in [2.05, 4.69) is 0 Å². The van der Waals surface area contributed by atoms with E-state index in [0.717, 1.165) is 24.3 Å². The van der Waals surface area contributed by atoms with Crippen LogP contribution in [0.5, 0.6) is 0 Å². The molecule has 0 aliphatic heterocycles. The molecule has 0 bridgehead atoms. The van der Waals surface area contributed by atoms with Gasteiger partial charge in [-0.05, 0) is 36.2 Å². The molecule has 21 heavy (non-hydrogen) atoms. The van der Waals surface area contributed by atoms with Crippen LogP contribution in [0.25, 0.3) is 0 Å². The molecule has 2 N–H and O–H groups in total. The fourth-order valence-corrected chi connectivity index (χ4v) is 1.98. The first-order valence-corrected chi connectivity index (χ1v) is 6.14. The van der Waals surface area contributed by atoms with E-state index in [1.807, 2.05) is 0 Å². The monoisotopic (exact) mass is 301 g/mol. The minimum absolute atomic E-state index is 0.135. The van der Waals surface area contributed by atoms with Crippen molar-refractivity contribution < 1.29 is 22.0 Å². The van der Waals surface area contributed by atoms with Crippen molar-refractivity contribution in [2.75, 3.05) is 0 Å². The van der Waals surface area contributed by atoms with Crippen molar-refractivity contribution in [2.24, 2.45) is 5.73 Å². The second-order valence-electron chi connectivity index (χ2n) is 4.63. The first-order chi connectivity index (χ1) is 9.79.